The van der Waals surface area contributed by atoms with E-state index in [1.165, 1.54) is 17.2 Å². The van der Waals surface area contributed by atoms with Gasteiger partial charge in [0.05, 0.1) is 11.7 Å². The summed E-state index contributed by atoms with van der Waals surface area (Å²) >= 11 is 5.38. The van der Waals surface area contributed by atoms with Crippen LogP contribution < -0.4 is 10.5 Å². The highest BCUT2D eigenvalue weighted by Crippen LogP contribution is 2.50. The molecule has 1 unspecified atom stereocenters. The van der Waals surface area contributed by atoms with Gasteiger partial charge in [-0.25, -0.2) is 19.3 Å². The van der Waals surface area contributed by atoms with Gasteiger partial charge in [0, 0.05) is 12.2 Å². The molecule has 0 radical (unpaired) electrons. The second-order valence-electron chi connectivity index (χ2n) is 11.3. The van der Waals surface area contributed by atoms with Crippen molar-refractivity contribution in [1.29, 1.82) is 0 Å². The molecule has 0 aliphatic carbocycles. The Hall–Kier alpha value is -5.27. The molecule has 1 aliphatic heterocycles. The average Bonchev–Trinajstić information content (AvgIpc) is 3.65. The monoisotopic (exact) mass is 663 g/mol. The number of anilines is 1. The van der Waals surface area contributed by atoms with Gasteiger partial charge in [0.25, 0.3) is 5.79 Å². The van der Waals surface area contributed by atoms with Crippen molar-refractivity contribution in [1.82, 2.24) is 19.5 Å². The number of rotatable bonds is 8. The van der Waals surface area contributed by atoms with Gasteiger partial charge >= 0.3 is 5.24 Å². The molecule has 2 aromatic heterocycles. The van der Waals surface area contributed by atoms with Crippen LogP contribution in [0, 0.1) is 0 Å². The Morgan fingerprint density at radius 1 is 0.854 bits per heavy atom. The molecule has 48 heavy (non-hydrogen) atoms. The number of thiocarbonyl (C=S) groups is 1. The summed E-state index contributed by atoms with van der Waals surface area (Å²) in [5, 5.41) is 24.7. The summed E-state index contributed by atoms with van der Waals surface area (Å²) in [5.41, 5.74) is 6.89. The SMILES string of the molecule is Nc1ncnc2c1ncn2[C@@H]1O[C@H](C(O)C(c2ccccc2)(c2ccccc2)c2ccccc2)[C@](O)(OC(=S)Oc2ccccc2)[C@H]1F. The maximum Gasteiger partial charge on any atom is 0.360 e. The highest BCUT2D eigenvalue weighted by molar-refractivity contribution is 7.79. The standard InChI is InChI=1S/C36H30FN5O5S/c37-28-33(42-22-41-27-31(38)39-21-40-32(27)42)46-30(36(28,44)47-34(48)45-26-19-11-4-12-20-26)29(43)35(23-13-5-1-6-14-23,24-15-7-2-8-16-24)25-17-9-3-10-18-25/h1-22,28-30,33,43-44H,(H2,38,39,40)/t28-,29?,30+,33+,36+/m0/s1. The molecule has 3 heterocycles. The fourth-order valence-electron chi connectivity index (χ4n) is 6.44. The minimum Gasteiger partial charge on any atom is -0.418 e. The molecule has 1 fully saturated rings. The number of aliphatic hydroxyl groups is 2. The topological polar surface area (TPSA) is 138 Å². The fraction of sp³-hybridized carbons (Fsp3) is 0.167. The maximum absolute atomic E-state index is 17.1. The van der Waals surface area contributed by atoms with Gasteiger partial charge in [-0.2, -0.15) is 0 Å². The van der Waals surface area contributed by atoms with E-state index in [9.17, 15) is 10.2 Å². The highest BCUT2D eigenvalue weighted by atomic mass is 32.1. The number of benzene rings is 4. The Morgan fingerprint density at radius 3 is 1.92 bits per heavy atom. The molecule has 1 aliphatic rings. The number of nitrogen functional groups attached to an aromatic ring is 1. The van der Waals surface area contributed by atoms with Gasteiger partial charge in [-0.15, -0.1) is 0 Å². The van der Waals surface area contributed by atoms with Crippen LogP contribution in [0.15, 0.2) is 134 Å². The van der Waals surface area contributed by atoms with E-state index in [2.05, 4.69) is 15.0 Å². The van der Waals surface area contributed by atoms with E-state index >= 15 is 4.39 Å². The van der Waals surface area contributed by atoms with Crippen molar-refractivity contribution in [3.63, 3.8) is 0 Å². The number of hydrogen-bond donors (Lipinski definition) is 3. The van der Waals surface area contributed by atoms with E-state index in [0.717, 1.165) is 0 Å². The van der Waals surface area contributed by atoms with E-state index in [1.807, 2.05) is 91.0 Å². The number of fused-ring (bicyclic) bond motifs is 1. The molecule has 0 spiro atoms. The van der Waals surface area contributed by atoms with Crippen molar-refractivity contribution in [3.8, 4) is 5.75 Å². The van der Waals surface area contributed by atoms with Crippen LogP contribution >= 0.6 is 12.2 Å². The number of nitrogens with zero attached hydrogens (tertiary/aromatic N) is 4. The molecule has 0 saturated carbocycles. The summed E-state index contributed by atoms with van der Waals surface area (Å²) in [6.45, 7) is 0. The predicted octanol–water partition coefficient (Wildman–Crippen LogP) is 5.11. The van der Waals surface area contributed by atoms with Crippen LogP contribution in [0.4, 0.5) is 10.2 Å². The zero-order chi connectivity index (χ0) is 33.3. The Morgan fingerprint density at radius 2 is 1.38 bits per heavy atom. The summed E-state index contributed by atoms with van der Waals surface area (Å²) in [5.74, 6) is -2.52. The zero-order valence-corrected chi connectivity index (χ0v) is 26.1. The molecule has 4 N–H and O–H groups in total. The average molecular weight is 664 g/mol. The first-order valence-electron chi connectivity index (χ1n) is 15.1. The molecule has 7 rings (SSSR count). The summed E-state index contributed by atoms with van der Waals surface area (Å²) in [4.78, 5) is 12.4. The molecule has 4 aromatic carbocycles. The van der Waals surface area contributed by atoms with Gasteiger partial charge in [-0.1, -0.05) is 109 Å². The number of para-hydroxylation sites is 1. The number of hydrogen-bond acceptors (Lipinski definition) is 10. The third-order valence-corrected chi connectivity index (χ3v) is 8.78. The molecular formula is C36H30FN5O5S. The smallest absolute Gasteiger partial charge is 0.360 e. The van der Waals surface area contributed by atoms with Crippen molar-refractivity contribution >= 4 is 34.4 Å². The second-order valence-corrected chi connectivity index (χ2v) is 11.6. The number of alkyl halides is 1. The van der Waals surface area contributed by atoms with Crippen LogP contribution in [-0.2, 0) is 14.9 Å². The predicted molar refractivity (Wildman–Crippen MR) is 179 cm³/mol. The second kappa shape index (κ2) is 12.7. The first-order valence-corrected chi connectivity index (χ1v) is 15.5. The maximum atomic E-state index is 17.1. The first kappa shape index (κ1) is 31.3. The normalized spacial score (nSPS) is 21.5. The summed E-state index contributed by atoms with van der Waals surface area (Å²) in [6.07, 6.45) is -4.96. The summed E-state index contributed by atoms with van der Waals surface area (Å²) < 4.78 is 36.2. The van der Waals surface area contributed by atoms with Gasteiger partial charge in [0.2, 0.25) is 6.17 Å². The third-order valence-electron chi connectivity index (χ3n) is 8.61. The van der Waals surface area contributed by atoms with Crippen LogP contribution in [0.5, 0.6) is 5.75 Å². The minimum absolute atomic E-state index is 0.0731. The number of nitrogens with two attached hydrogens (primary N) is 1. The van der Waals surface area contributed by atoms with E-state index in [1.54, 1.807) is 30.3 Å². The van der Waals surface area contributed by atoms with E-state index in [-0.39, 0.29) is 17.0 Å². The largest absolute Gasteiger partial charge is 0.418 e. The Bertz CT molecular complexity index is 1930. The van der Waals surface area contributed by atoms with Crippen LogP contribution in [0.2, 0.25) is 0 Å². The van der Waals surface area contributed by atoms with Crippen LogP contribution in [-0.4, -0.2) is 59.1 Å². The lowest BCUT2D eigenvalue weighted by atomic mass is 9.63. The van der Waals surface area contributed by atoms with E-state index in [0.29, 0.717) is 22.4 Å². The number of aromatic nitrogens is 4. The molecular weight excluding hydrogens is 633 g/mol. The van der Waals surface area contributed by atoms with Crippen molar-refractivity contribution in [2.75, 3.05) is 5.73 Å². The third kappa shape index (κ3) is 5.24. The lowest BCUT2D eigenvalue weighted by molar-refractivity contribution is -0.233. The van der Waals surface area contributed by atoms with Crippen molar-refractivity contribution in [2.24, 2.45) is 0 Å². The summed E-state index contributed by atoms with van der Waals surface area (Å²) in [6, 6.07) is 36.2. The molecule has 5 atom stereocenters. The van der Waals surface area contributed by atoms with Crippen molar-refractivity contribution in [3.05, 3.63) is 151 Å². The van der Waals surface area contributed by atoms with Crippen molar-refractivity contribution < 1.29 is 28.8 Å². The Balaban J connectivity index is 1.41. The van der Waals surface area contributed by atoms with Crippen LogP contribution in [0.3, 0.4) is 0 Å². The zero-order valence-electron chi connectivity index (χ0n) is 25.3. The van der Waals surface area contributed by atoms with Gasteiger partial charge in [-0.3, -0.25) is 4.57 Å². The molecule has 12 heteroatoms. The quantitative estimate of drug-likeness (QED) is 0.114. The summed E-state index contributed by atoms with van der Waals surface area (Å²) in [7, 11) is 0. The van der Waals surface area contributed by atoms with Gasteiger partial charge < -0.3 is 30.2 Å². The lowest BCUT2D eigenvalue weighted by Crippen LogP contribution is -2.60. The molecule has 1 saturated heterocycles. The van der Waals surface area contributed by atoms with E-state index < -0.39 is 41.0 Å². The fourth-order valence-corrected chi connectivity index (χ4v) is 6.67. The molecule has 6 aromatic rings. The van der Waals surface area contributed by atoms with Gasteiger partial charge in [-0.05, 0) is 28.8 Å². The minimum atomic E-state index is -2.89. The van der Waals surface area contributed by atoms with Gasteiger partial charge in [0.15, 0.2) is 23.8 Å². The van der Waals surface area contributed by atoms with Gasteiger partial charge in [0.1, 0.15) is 23.7 Å². The number of ether oxygens (including phenoxy) is 3. The Kier molecular flexibility index (Phi) is 8.31. The van der Waals surface area contributed by atoms with Crippen LogP contribution in [0.25, 0.3) is 11.2 Å². The number of aliphatic hydroxyl groups excluding tert-OH is 1. The van der Waals surface area contributed by atoms with E-state index in [4.69, 9.17) is 32.2 Å². The molecule has 0 bridgehead atoms. The van der Waals surface area contributed by atoms with Crippen molar-refractivity contribution in [2.45, 2.75) is 35.8 Å². The Labute approximate surface area is 280 Å². The highest BCUT2D eigenvalue weighted by Gasteiger charge is 2.66. The van der Waals surface area contributed by atoms with Crippen LogP contribution in [0.1, 0.15) is 22.9 Å². The first-order chi connectivity index (χ1) is 23.3. The number of imidazole rings is 1. The molecule has 242 valence electrons. The molecule has 0 amide bonds. The molecule has 10 nitrogen and oxygen atoms in total. The number of halogens is 1. The lowest BCUT2D eigenvalue weighted by Gasteiger charge is -2.44.